The van der Waals surface area contributed by atoms with Crippen LogP contribution >= 0.6 is 9.24 Å². The summed E-state index contributed by atoms with van der Waals surface area (Å²) in [6.45, 7) is 10.3. The Balaban J connectivity index is 2.65. The molecule has 0 N–H and O–H groups in total. The number of hydrogen-bond donors (Lipinski definition) is 0. The lowest BCUT2D eigenvalue weighted by Crippen LogP contribution is -2.36. The van der Waals surface area contributed by atoms with Crippen molar-refractivity contribution < 1.29 is 4.79 Å². The predicted molar refractivity (Wildman–Crippen MR) is 76.1 cm³/mol. The van der Waals surface area contributed by atoms with Gasteiger partial charge in [-0.1, -0.05) is 6.08 Å². The topological polar surface area (TPSA) is 20.3 Å². The van der Waals surface area contributed by atoms with Crippen LogP contribution in [-0.4, -0.2) is 12.5 Å². The highest BCUT2D eigenvalue weighted by Crippen LogP contribution is 2.41. The zero-order valence-corrected chi connectivity index (χ0v) is 11.7. The Morgan fingerprint density at radius 1 is 1.47 bits per heavy atom. The molecule has 1 aliphatic heterocycles. The van der Waals surface area contributed by atoms with Gasteiger partial charge in [0.1, 0.15) is 0 Å². The van der Waals surface area contributed by atoms with Gasteiger partial charge in [-0.05, 0) is 49.3 Å². The van der Waals surface area contributed by atoms with Gasteiger partial charge in [-0.3, -0.25) is 4.79 Å². The molecular weight excluding hydrogens is 229 g/mol. The van der Waals surface area contributed by atoms with Crippen molar-refractivity contribution in [3.05, 3.63) is 35.9 Å². The van der Waals surface area contributed by atoms with Crippen molar-refractivity contribution in [2.24, 2.45) is 0 Å². The van der Waals surface area contributed by atoms with Crippen molar-refractivity contribution >= 4 is 26.1 Å². The van der Waals surface area contributed by atoms with E-state index in [9.17, 15) is 4.79 Å². The molecule has 2 rings (SSSR count). The quantitative estimate of drug-likeness (QED) is 0.580. The SMILES string of the molecule is C=CCN1C(=O)C(C)(C)c2cc(P)c(C)cc21. The minimum atomic E-state index is -0.433. The van der Waals surface area contributed by atoms with Crippen molar-refractivity contribution in [2.45, 2.75) is 26.2 Å². The third-order valence-electron chi connectivity index (χ3n) is 3.44. The van der Waals surface area contributed by atoms with Crippen molar-refractivity contribution in [3.8, 4) is 0 Å². The summed E-state index contributed by atoms with van der Waals surface area (Å²) in [5, 5.41) is 1.16. The van der Waals surface area contributed by atoms with Gasteiger partial charge in [-0.25, -0.2) is 0 Å². The van der Waals surface area contributed by atoms with E-state index in [1.54, 1.807) is 6.08 Å². The molecule has 1 amide bonds. The van der Waals surface area contributed by atoms with Crippen LogP contribution in [0.25, 0.3) is 0 Å². The molecule has 0 saturated heterocycles. The Hall–Kier alpha value is -1.14. The van der Waals surface area contributed by atoms with E-state index in [1.807, 2.05) is 18.7 Å². The highest BCUT2D eigenvalue weighted by Gasteiger charge is 2.43. The van der Waals surface area contributed by atoms with E-state index in [1.165, 1.54) is 5.56 Å². The van der Waals surface area contributed by atoms with Crippen LogP contribution in [0, 0.1) is 6.92 Å². The summed E-state index contributed by atoms with van der Waals surface area (Å²) < 4.78 is 0. The third kappa shape index (κ3) is 1.71. The van der Waals surface area contributed by atoms with Gasteiger partial charge in [0.2, 0.25) is 5.91 Å². The summed E-state index contributed by atoms with van der Waals surface area (Å²) in [5.74, 6) is 0.155. The van der Waals surface area contributed by atoms with Crippen LogP contribution in [0.3, 0.4) is 0 Å². The van der Waals surface area contributed by atoms with Crippen LogP contribution in [0.1, 0.15) is 25.0 Å². The first kappa shape index (κ1) is 12.3. The molecule has 1 aromatic rings. The van der Waals surface area contributed by atoms with Crippen molar-refractivity contribution in [3.63, 3.8) is 0 Å². The molecule has 0 aromatic heterocycles. The average molecular weight is 247 g/mol. The number of amides is 1. The Kier molecular flexibility index (Phi) is 2.87. The van der Waals surface area contributed by atoms with Crippen LogP contribution < -0.4 is 10.2 Å². The Morgan fingerprint density at radius 2 is 2.12 bits per heavy atom. The molecule has 0 spiro atoms. The van der Waals surface area contributed by atoms with Crippen molar-refractivity contribution in [1.82, 2.24) is 0 Å². The molecular formula is C14H18NOP. The van der Waals surface area contributed by atoms with Crippen LogP contribution in [0.5, 0.6) is 0 Å². The number of aryl methyl sites for hydroxylation is 1. The maximum Gasteiger partial charge on any atom is 0.237 e. The smallest absolute Gasteiger partial charge is 0.237 e. The van der Waals surface area contributed by atoms with Crippen LogP contribution in [-0.2, 0) is 10.2 Å². The van der Waals surface area contributed by atoms with Gasteiger partial charge in [-0.2, -0.15) is 0 Å². The number of carbonyl (C=O) groups excluding carboxylic acids is 1. The summed E-state index contributed by atoms with van der Waals surface area (Å²) in [6.07, 6.45) is 1.77. The van der Waals surface area contributed by atoms with E-state index in [0.717, 1.165) is 16.6 Å². The first-order valence-corrected chi connectivity index (χ1v) is 6.30. The van der Waals surface area contributed by atoms with Crippen molar-refractivity contribution in [1.29, 1.82) is 0 Å². The molecule has 0 bridgehead atoms. The molecule has 0 fully saturated rings. The van der Waals surface area contributed by atoms with Crippen molar-refractivity contribution in [2.75, 3.05) is 11.4 Å². The second-order valence-corrected chi connectivity index (χ2v) is 5.68. The minimum Gasteiger partial charge on any atom is -0.308 e. The normalized spacial score (nSPS) is 17.2. The molecule has 1 aromatic carbocycles. The van der Waals surface area contributed by atoms with Crippen LogP contribution in [0.4, 0.5) is 5.69 Å². The molecule has 1 unspecified atom stereocenters. The van der Waals surface area contributed by atoms with Gasteiger partial charge in [0.15, 0.2) is 0 Å². The van der Waals surface area contributed by atoms with Gasteiger partial charge in [-0.15, -0.1) is 15.8 Å². The number of benzene rings is 1. The van der Waals surface area contributed by atoms with Crippen LogP contribution in [0.15, 0.2) is 24.8 Å². The molecule has 1 atom stereocenters. The first-order chi connectivity index (χ1) is 7.89. The fourth-order valence-electron chi connectivity index (χ4n) is 2.31. The first-order valence-electron chi connectivity index (χ1n) is 5.73. The Morgan fingerprint density at radius 3 is 2.71 bits per heavy atom. The zero-order chi connectivity index (χ0) is 12.8. The molecule has 1 aliphatic rings. The largest absolute Gasteiger partial charge is 0.308 e. The minimum absolute atomic E-state index is 0.155. The van der Waals surface area contributed by atoms with E-state index in [4.69, 9.17) is 0 Å². The number of fused-ring (bicyclic) bond motifs is 1. The molecule has 3 heteroatoms. The summed E-state index contributed by atoms with van der Waals surface area (Å²) in [6, 6.07) is 4.20. The lowest BCUT2D eigenvalue weighted by atomic mass is 9.86. The third-order valence-corrected chi connectivity index (χ3v) is 4.06. The van der Waals surface area contributed by atoms with E-state index in [2.05, 4.69) is 34.9 Å². The summed E-state index contributed by atoms with van der Waals surface area (Å²) >= 11 is 0. The van der Waals surface area contributed by atoms with E-state index in [0.29, 0.717) is 6.54 Å². The molecule has 90 valence electrons. The number of hydrogen-bond acceptors (Lipinski definition) is 1. The number of anilines is 1. The highest BCUT2D eigenvalue weighted by atomic mass is 31.0. The molecule has 0 saturated carbocycles. The summed E-state index contributed by atoms with van der Waals surface area (Å²) in [4.78, 5) is 14.2. The lowest BCUT2D eigenvalue weighted by molar-refractivity contribution is -0.121. The summed E-state index contributed by atoms with van der Waals surface area (Å²) in [5.41, 5.74) is 2.90. The lowest BCUT2D eigenvalue weighted by Gasteiger charge is -2.18. The second-order valence-electron chi connectivity index (χ2n) is 5.06. The molecule has 0 aliphatic carbocycles. The predicted octanol–water partition coefficient (Wildman–Crippen LogP) is 2.31. The fraction of sp³-hybridized carbons (Fsp3) is 0.357. The van der Waals surface area contributed by atoms with E-state index >= 15 is 0 Å². The number of rotatable bonds is 2. The Bertz CT molecular complexity index is 505. The standard InChI is InChI=1S/C14H18NOP/c1-5-6-15-11-7-9(2)12(17)8-10(11)14(3,4)13(15)16/h5,7-8H,1,6,17H2,2-4H3. The second kappa shape index (κ2) is 3.96. The number of carbonyl (C=O) groups is 1. The molecule has 2 nitrogen and oxygen atoms in total. The van der Waals surface area contributed by atoms with Gasteiger partial charge < -0.3 is 4.90 Å². The van der Waals surface area contributed by atoms with Gasteiger partial charge >= 0.3 is 0 Å². The maximum absolute atomic E-state index is 12.4. The highest BCUT2D eigenvalue weighted by molar-refractivity contribution is 7.27. The maximum atomic E-state index is 12.4. The number of nitrogens with zero attached hydrogens (tertiary/aromatic N) is 1. The average Bonchev–Trinajstić information content (AvgIpc) is 2.43. The van der Waals surface area contributed by atoms with Gasteiger partial charge in [0, 0.05) is 12.2 Å². The molecule has 0 radical (unpaired) electrons. The zero-order valence-electron chi connectivity index (χ0n) is 10.6. The van der Waals surface area contributed by atoms with E-state index in [-0.39, 0.29) is 5.91 Å². The van der Waals surface area contributed by atoms with Crippen LogP contribution in [0.2, 0.25) is 0 Å². The monoisotopic (exact) mass is 247 g/mol. The molecule has 17 heavy (non-hydrogen) atoms. The summed E-state index contributed by atoms with van der Waals surface area (Å²) in [7, 11) is 2.73. The Labute approximate surface area is 105 Å². The fourth-order valence-corrected chi connectivity index (χ4v) is 2.56. The van der Waals surface area contributed by atoms with Gasteiger partial charge in [0.05, 0.1) is 5.41 Å². The molecule has 1 heterocycles. The van der Waals surface area contributed by atoms with Gasteiger partial charge in [0.25, 0.3) is 0 Å². The van der Waals surface area contributed by atoms with E-state index < -0.39 is 5.41 Å².